The molecule has 0 fully saturated rings. The first kappa shape index (κ1) is 12.0. The topological polar surface area (TPSA) is 56.9 Å². The molecule has 0 aliphatic rings. The van der Waals surface area contributed by atoms with Gasteiger partial charge in [-0.15, -0.1) is 0 Å². The smallest absolute Gasteiger partial charge is 0.266 e. The highest BCUT2D eigenvalue weighted by molar-refractivity contribution is 9.08. The maximum Gasteiger partial charge on any atom is 0.266 e. The maximum absolute atomic E-state index is 12.5. The molecule has 1 aromatic heterocycles. The Morgan fingerprint density at radius 2 is 2.27 bits per heavy atom. The van der Waals surface area contributed by atoms with Gasteiger partial charge in [0.05, 0.1) is 23.4 Å². The van der Waals surface area contributed by atoms with Gasteiger partial charge in [-0.25, -0.2) is 8.78 Å². The summed E-state index contributed by atoms with van der Waals surface area (Å²) in [6, 6.07) is 1.67. The quantitative estimate of drug-likeness (QED) is 0.862. The lowest BCUT2D eigenvalue weighted by Crippen LogP contribution is -2.04. The first-order valence-corrected chi connectivity index (χ1v) is 5.13. The van der Waals surface area contributed by atoms with Gasteiger partial charge >= 0.3 is 0 Å². The summed E-state index contributed by atoms with van der Waals surface area (Å²) < 4.78 is 25.0. The minimum Gasteiger partial charge on any atom is -0.392 e. The Bertz CT molecular complexity index is 404. The fourth-order valence-corrected chi connectivity index (χ4v) is 1.67. The Morgan fingerprint density at radius 1 is 1.60 bits per heavy atom. The molecule has 0 radical (unpaired) electrons. The summed E-state index contributed by atoms with van der Waals surface area (Å²) in [5.41, 5.74) is -0.0613. The molecule has 80 valence electrons. The SMILES string of the molecule is N#Cc1c(C(F)F)cnc(CBr)c1CO. The number of rotatable bonds is 3. The van der Waals surface area contributed by atoms with Gasteiger partial charge in [-0.05, 0) is 0 Å². The zero-order chi connectivity index (χ0) is 11.4. The monoisotopic (exact) mass is 276 g/mol. The summed E-state index contributed by atoms with van der Waals surface area (Å²) in [6.07, 6.45) is -1.79. The Hall–Kier alpha value is -1.06. The van der Waals surface area contributed by atoms with Gasteiger partial charge in [0.1, 0.15) is 6.07 Å². The van der Waals surface area contributed by atoms with E-state index >= 15 is 0 Å². The molecular formula is C9H7BrF2N2O. The summed E-state index contributed by atoms with van der Waals surface area (Å²) in [7, 11) is 0. The second kappa shape index (κ2) is 5.14. The number of nitrogens with zero attached hydrogens (tertiary/aromatic N) is 2. The predicted octanol–water partition coefficient (Wildman–Crippen LogP) is 2.28. The van der Waals surface area contributed by atoms with Gasteiger partial charge in [0, 0.05) is 17.1 Å². The Balaban J connectivity index is 3.43. The average molecular weight is 277 g/mol. The van der Waals surface area contributed by atoms with Crippen LogP contribution in [0.5, 0.6) is 0 Å². The summed E-state index contributed by atoms with van der Waals surface area (Å²) >= 11 is 3.10. The van der Waals surface area contributed by atoms with Gasteiger partial charge in [0.2, 0.25) is 0 Å². The van der Waals surface area contributed by atoms with E-state index < -0.39 is 18.6 Å². The molecule has 0 aliphatic carbocycles. The lowest BCUT2D eigenvalue weighted by molar-refractivity contribution is 0.150. The largest absolute Gasteiger partial charge is 0.392 e. The molecule has 1 heterocycles. The fraction of sp³-hybridized carbons (Fsp3) is 0.333. The van der Waals surface area contributed by atoms with E-state index in [1.165, 1.54) is 0 Å². The number of hydrogen-bond donors (Lipinski definition) is 1. The predicted molar refractivity (Wildman–Crippen MR) is 52.5 cm³/mol. The van der Waals surface area contributed by atoms with E-state index in [0.29, 0.717) is 11.0 Å². The van der Waals surface area contributed by atoms with Crippen LogP contribution in [0.4, 0.5) is 8.78 Å². The van der Waals surface area contributed by atoms with E-state index in [1.807, 2.05) is 0 Å². The van der Waals surface area contributed by atoms with Gasteiger partial charge in [0.25, 0.3) is 6.43 Å². The van der Waals surface area contributed by atoms with Crippen LogP contribution in [0.3, 0.4) is 0 Å². The van der Waals surface area contributed by atoms with Crippen molar-refractivity contribution in [3.05, 3.63) is 28.6 Å². The third kappa shape index (κ3) is 2.30. The minimum atomic E-state index is -2.76. The van der Waals surface area contributed by atoms with Crippen molar-refractivity contribution < 1.29 is 13.9 Å². The maximum atomic E-state index is 12.5. The molecule has 0 saturated heterocycles. The molecule has 0 unspecified atom stereocenters. The van der Waals surface area contributed by atoms with Gasteiger partial charge in [-0.3, -0.25) is 4.98 Å². The lowest BCUT2D eigenvalue weighted by Gasteiger charge is -2.09. The molecule has 1 rings (SSSR count). The normalized spacial score (nSPS) is 10.4. The Kier molecular flexibility index (Phi) is 4.12. The number of aromatic nitrogens is 1. The van der Waals surface area contributed by atoms with Crippen LogP contribution in [-0.2, 0) is 11.9 Å². The third-order valence-electron chi connectivity index (χ3n) is 1.93. The van der Waals surface area contributed by atoms with E-state index in [-0.39, 0.29) is 11.1 Å². The number of alkyl halides is 3. The van der Waals surface area contributed by atoms with Gasteiger partial charge in [0.15, 0.2) is 0 Å². The fourth-order valence-electron chi connectivity index (χ4n) is 1.19. The molecule has 6 heteroatoms. The summed E-state index contributed by atoms with van der Waals surface area (Å²) in [6.45, 7) is -0.475. The second-order valence-corrected chi connectivity index (χ2v) is 3.28. The number of aliphatic hydroxyl groups is 1. The average Bonchev–Trinajstić information content (AvgIpc) is 2.26. The lowest BCUT2D eigenvalue weighted by atomic mass is 10.0. The van der Waals surface area contributed by atoms with Crippen molar-refractivity contribution in [2.45, 2.75) is 18.4 Å². The molecule has 0 saturated carbocycles. The molecule has 0 atom stereocenters. The molecule has 15 heavy (non-hydrogen) atoms. The van der Waals surface area contributed by atoms with Crippen molar-refractivity contribution in [2.24, 2.45) is 0 Å². The number of halogens is 3. The summed E-state index contributed by atoms with van der Waals surface area (Å²) in [4.78, 5) is 3.76. The standard InChI is InChI=1S/C9H7BrF2N2O/c10-1-8-7(4-15)5(2-13)6(3-14-8)9(11)12/h3,9,15H,1,4H2. The molecule has 3 nitrogen and oxygen atoms in total. The van der Waals surface area contributed by atoms with Crippen LogP contribution in [0.1, 0.15) is 28.8 Å². The number of aliphatic hydroxyl groups excluding tert-OH is 1. The van der Waals surface area contributed by atoms with E-state index in [9.17, 15) is 8.78 Å². The highest BCUT2D eigenvalue weighted by atomic mass is 79.9. The number of hydrogen-bond acceptors (Lipinski definition) is 3. The van der Waals surface area contributed by atoms with E-state index in [2.05, 4.69) is 20.9 Å². The highest BCUT2D eigenvalue weighted by Crippen LogP contribution is 2.26. The molecule has 0 aromatic carbocycles. The van der Waals surface area contributed by atoms with Crippen molar-refractivity contribution in [1.29, 1.82) is 5.26 Å². The highest BCUT2D eigenvalue weighted by Gasteiger charge is 2.19. The van der Waals surface area contributed by atoms with Crippen LogP contribution in [-0.4, -0.2) is 10.1 Å². The summed E-state index contributed by atoms with van der Waals surface area (Å²) in [5, 5.41) is 18.1. The zero-order valence-electron chi connectivity index (χ0n) is 7.54. The van der Waals surface area contributed by atoms with Gasteiger partial charge in [-0.2, -0.15) is 5.26 Å². The van der Waals surface area contributed by atoms with Crippen molar-refractivity contribution in [1.82, 2.24) is 4.98 Å². The van der Waals surface area contributed by atoms with E-state index in [1.54, 1.807) is 6.07 Å². The molecule has 1 aromatic rings. The van der Waals surface area contributed by atoms with Crippen LogP contribution < -0.4 is 0 Å². The molecular weight excluding hydrogens is 270 g/mol. The van der Waals surface area contributed by atoms with Crippen LogP contribution in [0.2, 0.25) is 0 Å². The van der Waals surface area contributed by atoms with E-state index in [0.717, 1.165) is 6.20 Å². The molecule has 0 amide bonds. The molecule has 0 bridgehead atoms. The van der Waals surface area contributed by atoms with Crippen molar-refractivity contribution in [2.75, 3.05) is 0 Å². The van der Waals surface area contributed by atoms with Crippen LogP contribution in [0, 0.1) is 11.3 Å². The van der Waals surface area contributed by atoms with Gasteiger partial charge < -0.3 is 5.11 Å². The molecule has 0 aliphatic heterocycles. The molecule has 0 spiro atoms. The summed E-state index contributed by atoms with van der Waals surface area (Å²) in [5.74, 6) is 0. The number of nitriles is 1. The number of pyridine rings is 1. The van der Waals surface area contributed by atoms with Crippen molar-refractivity contribution >= 4 is 15.9 Å². The molecule has 1 N–H and O–H groups in total. The zero-order valence-corrected chi connectivity index (χ0v) is 9.13. The van der Waals surface area contributed by atoms with Crippen LogP contribution in [0.15, 0.2) is 6.20 Å². The van der Waals surface area contributed by atoms with Crippen molar-refractivity contribution in [3.63, 3.8) is 0 Å². The van der Waals surface area contributed by atoms with Crippen molar-refractivity contribution in [3.8, 4) is 6.07 Å². The first-order valence-electron chi connectivity index (χ1n) is 4.01. The third-order valence-corrected chi connectivity index (χ3v) is 2.46. The minimum absolute atomic E-state index is 0.159. The second-order valence-electron chi connectivity index (χ2n) is 2.72. The van der Waals surface area contributed by atoms with Crippen LogP contribution in [0.25, 0.3) is 0 Å². The van der Waals surface area contributed by atoms with Gasteiger partial charge in [-0.1, -0.05) is 15.9 Å². The Morgan fingerprint density at radius 3 is 2.67 bits per heavy atom. The first-order chi connectivity index (χ1) is 7.15. The van der Waals surface area contributed by atoms with E-state index in [4.69, 9.17) is 10.4 Å². The van der Waals surface area contributed by atoms with Crippen LogP contribution >= 0.6 is 15.9 Å². The Labute approximate surface area is 93.5 Å².